The van der Waals surface area contributed by atoms with Gasteiger partial charge in [-0.1, -0.05) is 25.9 Å². The highest BCUT2D eigenvalue weighted by atomic mass is 35.5. The molecular weight excluding hydrogens is 364 g/mol. The van der Waals surface area contributed by atoms with Crippen molar-refractivity contribution < 1.29 is 9.32 Å². The number of fused-ring (bicyclic) bond motifs is 1. The van der Waals surface area contributed by atoms with Crippen molar-refractivity contribution in [3.63, 3.8) is 0 Å². The van der Waals surface area contributed by atoms with Crippen LogP contribution < -0.4 is 10.6 Å². The van der Waals surface area contributed by atoms with E-state index in [0.29, 0.717) is 29.8 Å². The van der Waals surface area contributed by atoms with Gasteiger partial charge in [-0.2, -0.15) is 0 Å². The third kappa shape index (κ3) is 4.61. The molecule has 2 aliphatic rings. The molecule has 6 nitrogen and oxygen atoms in total. The molecule has 2 aromatic rings. The Hall–Kier alpha value is -1.66. The van der Waals surface area contributed by atoms with Gasteiger partial charge in [-0.25, -0.2) is 4.98 Å². The number of carbonyl (C=O) groups is 1. The fourth-order valence-electron chi connectivity index (χ4n) is 3.66. The summed E-state index contributed by atoms with van der Waals surface area (Å²) in [4.78, 5) is 17.6. The van der Waals surface area contributed by atoms with Gasteiger partial charge in [0, 0.05) is 24.2 Å². The van der Waals surface area contributed by atoms with Crippen LogP contribution in [0.1, 0.15) is 74.1 Å². The molecule has 148 valence electrons. The molecule has 2 N–H and O–H groups in total. The van der Waals surface area contributed by atoms with Gasteiger partial charge in [0.2, 0.25) is 0 Å². The number of hydrogen-bond acceptors (Lipinski definition) is 5. The maximum Gasteiger partial charge on any atom is 0.259 e. The smallest absolute Gasteiger partial charge is 0.259 e. The molecule has 0 bridgehead atoms. The number of amides is 1. The van der Waals surface area contributed by atoms with Crippen LogP contribution in [-0.4, -0.2) is 35.2 Å². The first kappa shape index (κ1) is 20.1. The van der Waals surface area contributed by atoms with E-state index in [1.165, 1.54) is 6.42 Å². The lowest BCUT2D eigenvalue weighted by atomic mass is 9.89. The number of aromatic nitrogens is 2. The summed E-state index contributed by atoms with van der Waals surface area (Å²) in [5.74, 6) is 0.407. The van der Waals surface area contributed by atoms with Gasteiger partial charge >= 0.3 is 0 Å². The number of rotatable bonds is 5. The molecule has 4 rings (SSSR count). The summed E-state index contributed by atoms with van der Waals surface area (Å²) < 4.78 is 5.53. The van der Waals surface area contributed by atoms with Gasteiger partial charge in [-0.3, -0.25) is 4.79 Å². The minimum Gasteiger partial charge on any atom is -0.350 e. The summed E-state index contributed by atoms with van der Waals surface area (Å²) in [6.07, 6.45) is 5.30. The van der Waals surface area contributed by atoms with E-state index in [1.807, 2.05) is 6.07 Å². The van der Waals surface area contributed by atoms with Gasteiger partial charge in [0.25, 0.3) is 11.6 Å². The first-order valence-corrected chi connectivity index (χ1v) is 9.71. The molecule has 1 unspecified atom stereocenters. The quantitative estimate of drug-likeness (QED) is 0.812. The number of halogens is 1. The predicted octanol–water partition coefficient (Wildman–Crippen LogP) is 3.59. The molecule has 1 atom stereocenters. The van der Waals surface area contributed by atoms with Crippen molar-refractivity contribution in [2.45, 2.75) is 64.8 Å². The van der Waals surface area contributed by atoms with Crippen molar-refractivity contribution >= 4 is 29.4 Å². The van der Waals surface area contributed by atoms with Crippen molar-refractivity contribution in [2.24, 2.45) is 5.41 Å². The number of nitrogens with one attached hydrogen (secondary N) is 2. The average molecular weight is 393 g/mol. The largest absolute Gasteiger partial charge is 0.350 e. The average Bonchev–Trinajstić information content (AvgIpc) is 3.16. The normalized spacial score (nSPS) is 19.9. The third-order valence-electron chi connectivity index (χ3n) is 5.15. The molecule has 0 aromatic carbocycles. The van der Waals surface area contributed by atoms with Crippen LogP contribution in [0.5, 0.6) is 0 Å². The Morgan fingerprint density at radius 2 is 2.11 bits per heavy atom. The zero-order valence-electron chi connectivity index (χ0n) is 16.3. The van der Waals surface area contributed by atoms with Gasteiger partial charge in [0.15, 0.2) is 0 Å². The van der Waals surface area contributed by atoms with Crippen LogP contribution in [0.2, 0.25) is 0 Å². The SMILES string of the molecule is CC(C)(C)Cc1noc2nc(C3CC3)cc(C(=O)NCC3CCCN3)c12.Cl. The van der Waals surface area contributed by atoms with Crippen LogP contribution in [0, 0.1) is 5.41 Å². The fourth-order valence-corrected chi connectivity index (χ4v) is 3.66. The monoisotopic (exact) mass is 392 g/mol. The molecule has 0 radical (unpaired) electrons. The van der Waals surface area contributed by atoms with E-state index in [1.54, 1.807) is 0 Å². The lowest BCUT2D eigenvalue weighted by molar-refractivity contribution is 0.0951. The maximum atomic E-state index is 13.0. The highest BCUT2D eigenvalue weighted by Crippen LogP contribution is 2.40. The molecule has 1 aliphatic heterocycles. The van der Waals surface area contributed by atoms with E-state index in [4.69, 9.17) is 4.52 Å². The Morgan fingerprint density at radius 1 is 1.33 bits per heavy atom. The highest BCUT2D eigenvalue weighted by Gasteiger charge is 2.30. The second-order valence-corrected chi connectivity index (χ2v) is 8.92. The number of nitrogens with zero attached hydrogens (tertiary/aromatic N) is 2. The van der Waals surface area contributed by atoms with Crippen LogP contribution in [0.15, 0.2) is 10.6 Å². The molecule has 3 heterocycles. The van der Waals surface area contributed by atoms with E-state index < -0.39 is 0 Å². The van der Waals surface area contributed by atoms with E-state index in [-0.39, 0.29) is 23.7 Å². The number of pyridine rings is 1. The van der Waals surface area contributed by atoms with Gasteiger partial charge in [0.1, 0.15) is 0 Å². The molecule has 0 spiro atoms. The maximum absolute atomic E-state index is 13.0. The minimum atomic E-state index is -0.0497. The zero-order valence-corrected chi connectivity index (χ0v) is 17.1. The summed E-state index contributed by atoms with van der Waals surface area (Å²) in [6, 6.07) is 2.33. The van der Waals surface area contributed by atoms with E-state index in [2.05, 4.69) is 41.5 Å². The van der Waals surface area contributed by atoms with Crippen LogP contribution in [0.4, 0.5) is 0 Å². The van der Waals surface area contributed by atoms with Crippen LogP contribution >= 0.6 is 12.4 Å². The van der Waals surface area contributed by atoms with E-state index >= 15 is 0 Å². The number of hydrogen-bond donors (Lipinski definition) is 2. The van der Waals surface area contributed by atoms with Gasteiger partial charge in [-0.15, -0.1) is 12.4 Å². The first-order chi connectivity index (χ1) is 12.4. The molecule has 1 saturated carbocycles. The Labute approximate surface area is 166 Å². The molecule has 2 fully saturated rings. The second kappa shape index (κ2) is 7.76. The van der Waals surface area contributed by atoms with Crippen LogP contribution in [-0.2, 0) is 6.42 Å². The van der Waals surface area contributed by atoms with Crippen LogP contribution in [0.25, 0.3) is 11.1 Å². The Kier molecular flexibility index (Phi) is 5.77. The molecule has 1 saturated heterocycles. The topological polar surface area (TPSA) is 80.0 Å². The van der Waals surface area contributed by atoms with E-state index in [9.17, 15) is 4.79 Å². The molecule has 2 aromatic heterocycles. The van der Waals surface area contributed by atoms with Gasteiger partial charge in [-0.05, 0) is 50.1 Å². The third-order valence-corrected chi connectivity index (χ3v) is 5.15. The fraction of sp³-hybridized carbons (Fsp3) is 0.650. The standard InChI is InChI=1S/C20H28N4O2.ClH/c1-20(2,3)10-16-17-14(18(25)22-11-13-5-4-8-21-13)9-15(12-6-7-12)23-19(17)26-24-16;/h9,12-13,21H,4-8,10-11H2,1-3H3,(H,22,25);1H. The van der Waals surface area contributed by atoms with Crippen molar-refractivity contribution in [2.75, 3.05) is 13.1 Å². The summed E-state index contributed by atoms with van der Waals surface area (Å²) >= 11 is 0. The number of carbonyl (C=O) groups excluding carboxylic acids is 1. The predicted molar refractivity (Wildman–Crippen MR) is 108 cm³/mol. The van der Waals surface area contributed by atoms with Crippen molar-refractivity contribution in [3.8, 4) is 0 Å². The van der Waals surface area contributed by atoms with Crippen molar-refractivity contribution in [3.05, 3.63) is 23.0 Å². The summed E-state index contributed by atoms with van der Waals surface area (Å²) in [5, 5.41) is 11.6. The van der Waals surface area contributed by atoms with E-state index in [0.717, 1.165) is 49.0 Å². The lowest BCUT2D eigenvalue weighted by Crippen LogP contribution is -2.37. The Bertz CT molecular complexity index is 817. The molecule has 27 heavy (non-hydrogen) atoms. The van der Waals surface area contributed by atoms with Gasteiger partial charge in [0.05, 0.1) is 16.6 Å². The molecular formula is C20H29ClN4O2. The molecule has 1 amide bonds. The van der Waals surface area contributed by atoms with Gasteiger partial charge < -0.3 is 15.2 Å². The highest BCUT2D eigenvalue weighted by molar-refractivity contribution is 6.06. The zero-order chi connectivity index (χ0) is 18.3. The Balaban J connectivity index is 0.00000210. The summed E-state index contributed by atoms with van der Waals surface area (Å²) in [6.45, 7) is 8.16. The molecule has 7 heteroatoms. The minimum absolute atomic E-state index is 0. The first-order valence-electron chi connectivity index (χ1n) is 9.71. The summed E-state index contributed by atoms with van der Waals surface area (Å²) in [5.41, 5.74) is 3.00. The lowest BCUT2D eigenvalue weighted by Gasteiger charge is -2.16. The summed E-state index contributed by atoms with van der Waals surface area (Å²) in [7, 11) is 0. The molecule has 1 aliphatic carbocycles. The van der Waals surface area contributed by atoms with Crippen LogP contribution in [0.3, 0.4) is 0 Å². The van der Waals surface area contributed by atoms with Crippen molar-refractivity contribution in [1.82, 2.24) is 20.8 Å². The second-order valence-electron chi connectivity index (χ2n) is 8.92. The Morgan fingerprint density at radius 3 is 2.74 bits per heavy atom. The van der Waals surface area contributed by atoms with Crippen molar-refractivity contribution in [1.29, 1.82) is 0 Å².